The van der Waals surface area contributed by atoms with Crippen LogP contribution in [0.5, 0.6) is 0 Å². The van der Waals surface area contributed by atoms with E-state index in [0.717, 1.165) is 38.8 Å². The number of likely N-dealkylation sites (N-methyl/N-ethyl adjacent to an activating group) is 1. The van der Waals surface area contributed by atoms with Crippen molar-refractivity contribution in [2.24, 2.45) is 0 Å². The molecule has 1 aliphatic rings. The standard InChI is InChI=1S/C13H16BrF3N2/c1-2-18-3-5-19(6-4-18)12-8-10(13(15,16)17)7-11(14)9-12/h7-9H,2-6H2,1H3. The highest BCUT2D eigenvalue weighted by Crippen LogP contribution is 2.34. The van der Waals surface area contributed by atoms with Gasteiger partial charge in [-0.25, -0.2) is 0 Å². The Morgan fingerprint density at radius 2 is 1.74 bits per heavy atom. The predicted octanol–water partition coefficient (Wildman–Crippen LogP) is 3.61. The fourth-order valence-electron chi connectivity index (χ4n) is 2.24. The van der Waals surface area contributed by atoms with E-state index in [-0.39, 0.29) is 0 Å². The van der Waals surface area contributed by atoms with Gasteiger partial charge >= 0.3 is 6.18 Å². The summed E-state index contributed by atoms with van der Waals surface area (Å²) >= 11 is 3.16. The van der Waals surface area contributed by atoms with E-state index in [1.165, 1.54) is 6.07 Å². The Kier molecular flexibility index (Phi) is 4.40. The Hall–Kier alpha value is -0.750. The molecular weight excluding hydrogens is 321 g/mol. The van der Waals surface area contributed by atoms with Crippen molar-refractivity contribution in [2.45, 2.75) is 13.1 Å². The Morgan fingerprint density at radius 3 is 2.26 bits per heavy atom. The normalized spacial score (nSPS) is 17.8. The molecule has 1 aromatic rings. The van der Waals surface area contributed by atoms with Crippen LogP contribution in [0.2, 0.25) is 0 Å². The van der Waals surface area contributed by atoms with Crippen LogP contribution in [0, 0.1) is 0 Å². The Labute approximate surface area is 119 Å². The molecule has 0 aromatic heterocycles. The summed E-state index contributed by atoms with van der Waals surface area (Å²) in [4.78, 5) is 4.30. The van der Waals surface area contributed by atoms with Gasteiger partial charge in [-0.2, -0.15) is 13.2 Å². The van der Waals surface area contributed by atoms with E-state index in [1.807, 2.05) is 4.90 Å². The maximum atomic E-state index is 12.8. The minimum absolute atomic E-state index is 0.468. The Bertz CT molecular complexity index is 440. The first kappa shape index (κ1) is 14.7. The van der Waals surface area contributed by atoms with Gasteiger partial charge in [-0.05, 0) is 24.7 Å². The summed E-state index contributed by atoms with van der Waals surface area (Å²) in [5.74, 6) is 0. The molecule has 0 N–H and O–H groups in total. The van der Waals surface area contributed by atoms with Crippen LogP contribution in [-0.2, 0) is 6.18 Å². The zero-order chi connectivity index (χ0) is 14.0. The molecule has 2 rings (SSSR count). The number of halogens is 4. The lowest BCUT2D eigenvalue weighted by atomic mass is 10.1. The van der Waals surface area contributed by atoms with Crippen molar-refractivity contribution >= 4 is 21.6 Å². The van der Waals surface area contributed by atoms with Gasteiger partial charge in [0.2, 0.25) is 0 Å². The van der Waals surface area contributed by atoms with Crippen LogP contribution >= 0.6 is 15.9 Å². The van der Waals surface area contributed by atoms with Crippen LogP contribution in [0.4, 0.5) is 18.9 Å². The lowest BCUT2D eigenvalue weighted by Crippen LogP contribution is -2.46. The third-order valence-electron chi connectivity index (χ3n) is 3.39. The molecule has 0 unspecified atom stereocenters. The van der Waals surface area contributed by atoms with Gasteiger partial charge in [0, 0.05) is 36.3 Å². The zero-order valence-electron chi connectivity index (χ0n) is 10.7. The highest BCUT2D eigenvalue weighted by Gasteiger charge is 2.31. The average Bonchev–Trinajstić information content (AvgIpc) is 2.37. The number of anilines is 1. The third-order valence-corrected chi connectivity index (χ3v) is 3.85. The van der Waals surface area contributed by atoms with Crippen molar-refractivity contribution < 1.29 is 13.2 Å². The van der Waals surface area contributed by atoms with Gasteiger partial charge in [0.25, 0.3) is 0 Å². The van der Waals surface area contributed by atoms with Crippen LogP contribution in [0.25, 0.3) is 0 Å². The van der Waals surface area contributed by atoms with Gasteiger partial charge in [0.05, 0.1) is 5.56 Å². The second-order valence-corrected chi connectivity index (χ2v) is 5.53. The molecule has 0 radical (unpaired) electrons. The predicted molar refractivity (Wildman–Crippen MR) is 73.5 cm³/mol. The van der Waals surface area contributed by atoms with E-state index in [2.05, 4.69) is 27.8 Å². The molecule has 0 spiro atoms. The van der Waals surface area contributed by atoms with Crippen molar-refractivity contribution in [2.75, 3.05) is 37.6 Å². The molecule has 1 aromatic carbocycles. The fraction of sp³-hybridized carbons (Fsp3) is 0.538. The van der Waals surface area contributed by atoms with Crippen LogP contribution in [-0.4, -0.2) is 37.6 Å². The second-order valence-electron chi connectivity index (χ2n) is 4.62. The van der Waals surface area contributed by atoms with Crippen LogP contribution in [0.15, 0.2) is 22.7 Å². The molecule has 1 aliphatic heterocycles. The molecule has 0 bridgehead atoms. The molecular formula is C13H16BrF3N2. The summed E-state index contributed by atoms with van der Waals surface area (Å²) in [5.41, 5.74) is 0.0345. The minimum atomic E-state index is -4.30. The first-order chi connectivity index (χ1) is 8.90. The lowest BCUT2D eigenvalue weighted by Gasteiger charge is -2.35. The number of benzene rings is 1. The molecule has 1 heterocycles. The first-order valence-electron chi connectivity index (χ1n) is 6.25. The minimum Gasteiger partial charge on any atom is -0.369 e. The Morgan fingerprint density at radius 1 is 1.11 bits per heavy atom. The van der Waals surface area contributed by atoms with Crippen molar-refractivity contribution in [3.8, 4) is 0 Å². The molecule has 6 heteroatoms. The van der Waals surface area contributed by atoms with E-state index < -0.39 is 11.7 Å². The molecule has 0 aliphatic carbocycles. The van der Waals surface area contributed by atoms with E-state index in [0.29, 0.717) is 10.2 Å². The van der Waals surface area contributed by atoms with Crippen LogP contribution in [0.1, 0.15) is 12.5 Å². The van der Waals surface area contributed by atoms with E-state index in [4.69, 9.17) is 0 Å². The SMILES string of the molecule is CCN1CCN(c2cc(Br)cc(C(F)(F)F)c2)CC1. The number of alkyl halides is 3. The molecule has 2 nitrogen and oxygen atoms in total. The van der Waals surface area contributed by atoms with E-state index in [9.17, 15) is 13.2 Å². The lowest BCUT2D eigenvalue weighted by molar-refractivity contribution is -0.137. The fourth-order valence-corrected chi connectivity index (χ4v) is 2.72. The highest BCUT2D eigenvalue weighted by atomic mass is 79.9. The quantitative estimate of drug-likeness (QED) is 0.814. The molecule has 106 valence electrons. The maximum absolute atomic E-state index is 12.8. The van der Waals surface area contributed by atoms with E-state index >= 15 is 0 Å². The summed E-state index contributed by atoms with van der Waals surface area (Å²) in [7, 11) is 0. The highest BCUT2D eigenvalue weighted by molar-refractivity contribution is 9.10. The summed E-state index contributed by atoms with van der Waals surface area (Å²) in [5, 5.41) is 0. The topological polar surface area (TPSA) is 6.48 Å². The van der Waals surface area contributed by atoms with Crippen molar-refractivity contribution in [1.82, 2.24) is 4.90 Å². The molecule has 0 amide bonds. The van der Waals surface area contributed by atoms with Gasteiger partial charge in [-0.3, -0.25) is 0 Å². The zero-order valence-corrected chi connectivity index (χ0v) is 12.3. The first-order valence-corrected chi connectivity index (χ1v) is 7.04. The van der Waals surface area contributed by atoms with Gasteiger partial charge in [0.15, 0.2) is 0 Å². The summed E-state index contributed by atoms with van der Waals surface area (Å²) in [6.07, 6.45) is -4.30. The Balaban J connectivity index is 2.19. The number of hydrogen-bond acceptors (Lipinski definition) is 2. The van der Waals surface area contributed by atoms with Crippen LogP contribution in [0.3, 0.4) is 0 Å². The second kappa shape index (κ2) is 5.71. The van der Waals surface area contributed by atoms with Gasteiger partial charge in [-0.15, -0.1) is 0 Å². The number of rotatable bonds is 2. The van der Waals surface area contributed by atoms with Gasteiger partial charge in [-0.1, -0.05) is 22.9 Å². The van der Waals surface area contributed by atoms with Crippen molar-refractivity contribution in [1.29, 1.82) is 0 Å². The largest absolute Gasteiger partial charge is 0.416 e. The van der Waals surface area contributed by atoms with Crippen molar-refractivity contribution in [3.63, 3.8) is 0 Å². The summed E-state index contributed by atoms with van der Waals surface area (Å²) in [6, 6.07) is 4.09. The molecule has 0 saturated carbocycles. The van der Waals surface area contributed by atoms with Gasteiger partial charge in [0.1, 0.15) is 0 Å². The van der Waals surface area contributed by atoms with E-state index in [1.54, 1.807) is 6.07 Å². The van der Waals surface area contributed by atoms with Crippen molar-refractivity contribution in [3.05, 3.63) is 28.2 Å². The monoisotopic (exact) mass is 336 g/mol. The number of nitrogens with zero attached hydrogens (tertiary/aromatic N) is 2. The third kappa shape index (κ3) is 3.63. The smallest absolute Gasteiger partial charge is 0.369 e. The average molecular weight is 337 g/mol. The molecule has 1 saturated heterocycles. The molecule has 0 atom stereocenters. The van der Waals surface area contributed by atoms with Crippen LogP contribution < -0.4 is 4.90 Å². The number of hydrogen-bond donors (Lipinski definition) is 0. The molecule has 19 heavy (non-hydrogen) atoms. The van der Waals surface area contributed by atoms with Gasteiger partial charge < -0.3 is 9.80 Å². The number of piperazine rings is 1. The summed E-state index contributed by atoms with van der Waals surface area (Å²) in [6.45, 7) is 6.40. The summed E-state index contributed by atoms with van der Waals surface area (Å²) < 4.78 is 38.8. The molecule has 1 fully saturated rings. The maximum Gasteiger partial charge on any atom is 0.416 e.